The summed E-state index contributed by atoms with van der Waals surface area (Å²) in [5.41, 5.74) is 5.45. The van der Waals surface area contributed by atoms with E-state index >= 15 is 0 Å². The van der Waals surface area contributed by atoms with E-state index in [4.69, 9.17) is 5.73 Å². The van der Waals surface area contributed by atoms with Crippen LogP contribution in [0.3, 0.4) is 0 Å². The Hall–Kier alpha value is -0.130. The number of rotatable bonds is 8. The normalized spacial score (nSPS) is 18.1. The topological polar surface area (TPSA) is 72.2 Å². The molecule has 0 saturated heterocycles. The van der Waals surface area contributed by atoms with Gasteiger partial charge in [-0.15, -0.1) is 0 Å². The average molecular weight is 250 g/mol. The largest absolute Gasteiger partial charge is 0.329 e. The van der Waals surface area contributed by atoms with Crippen LogP contribution in [0.5, 0.6) is 0 Å². The van der Waals surface area contributed by atoms with Gasteiger partial charge in [0.05, 0.1) is 5.25 Å². The highest BCUT2D eigenvalue weighted by atomic mass is 32.2. The molecule has 0 aliphatic rings. The van der Waals surface area contributed by atoms with Crippen molar-refractivity contribution >= 4 is 10.0 Å². The van der Waals surface area contributed by atoms with Crippen molar-refractivity contribution in [2.45, 2.75) is 58.2 Å². The lowest BCUT2D eigenvalue weighted by atomic mass is 10.0. The molecule has 0 aliphatic carbocycles. The molecule has 0 spiro atoms. The number of sulfonamides is 1. The fourth-order valence-corrected chi connectivity index (χ4v) is 3.25. The monoisotopic (exact) mass is 250 g/mol. The van der Waals surface area contributed by atoms with Crippen LogP contribution < -0.4 is 10.5 Å². The molecule has 0 bridgehead atoms. The predicted octanol–water partition coefficient (Wildman–Crippen LogP) is 1.47. The van der Waals surface area contributed by atoms with Crippen LogP contribution in [0.1, 0.15) is 47.0 Å². The van der Waals surface area contributed by atoms with Crippen LogP contribution >= 0.6 is 0 Å². The second-order valence-electron chi connectivity index (χ2n) is 4.58. The quantitative estimate of drug-likeness (QED) is 0.685. The van der Waals surface area contributed by atoms with Gasteiger partial charge in [0.2, 0.25) is 10.0 Å². The zero-order chi connectivity index (χ0) is 12.8. The molecule has 0 amide bonds. The third-order valence-electron chi connectivity index (χ3n) is 2.98. The van der Waals surface area contributed by atoms with Gasteiger partial charge in [0, 0.05) is 12.6 Å². The Morgan fingerprint density at radius 3 is 2.12 bits per heavy atom. The van der Waals surface area contributed by atoms with E-state index in [1.54, 1.807) is 0 Å². The smallest absolute Gasteiger partial charge is 0.215 e. The van der Waals surface area contributed by atoms with Gasteiger partial charge in [-0.25, -0.2) is 13.1 Å². The Morgan fingerprint density at radius 1 is 1.19 bits per heavy atom. The molecule has 16 heavy (non-hydrogen) atoms. The zero-order valence-corrected chi connectivity index (χ0v) is 11.7. The van der Waals surface area contributed by atoms with E-state index in [9.17, 15) is 8.42 Å². The minimum absolute atomic E-state index is 0.0134. The molecule has 0 saturated carbocycles. The first-order chi connectivity index (χ1) is 7.37. The van der Waals surface area contributed by atoms with Gasteiger partial charge in [0.25, 0.3) is 0 Å². The Labute approximate surface area is 100 Å². The van der Waals surface area contributed by atoms with Crippen LogP contribution in [0.4, 0.5) is 0 Å². The lowest BCUT2D eigenvalue weighted by molar-refractivity contribution is 0.443. The average Bonchev–Trinajstić information content (AvgIpc) is 2.17. The standard InChI is InChI=1S/C11H26N2O2S/c1-5-9(3)7-10(4)13-16(14,15)11(6-2)8-12/h9-11,13H,5-8,12H2,1-4H3. The molecule has 5 heteroatoms. The van der Waals surface area contributed by atoms with Crippen LogP contribution in [0, 0.1) is 5.92 Å². The Kier molecular flexibility index (Phi) is 7.19. The van der Waals surface area contributed by atoms with E-state index in [1.165, 1.54) is 0 Å². The molecular weight excluding hydrogens is 224 g/mol. The molecule has 4 nitrogen and oxygen atoms in total. The molecule has 0 aliphatic heterocycles. The summed E-state index contributed by atoms with van der Waals surface area (Å²) in [7, 11) is -3.25. The van der Waals surface area contributed by atoms with Gasteiger partial charge >= 0.3 is 0 Å². The number of hydrogen-bond acceptors (Lipinski definition) is 3. The summed E-state index contributed by atoms with van der Waals surface area (Å²) in [6, 6.07) is -0.0134. The van der Waals surface area contributed by atoms with Crippen molar-refractivity contribution in [3.8, 4) is 0 Å². The highest BCUT2D eigenvalue weighted by Gasteiger charge is 2.24. The van der Waals surface area contributed by atoms with E-state index in [1.807, 2.05) is 13.8 Å². The summed E-state index contributed by atoms with van der Waals surface area (Å²) in [5.74, 6) is 0.538. The van der Waals surface area contributed by atoms with Crippen molar-refractivity contribution in [2.24, 2.45) is 11.7 Å². The molecule has 0 heterocycles. The lowest BCUT2D eigenvalue weighted by Crippen LogP contribution is -2.43. The van der Waals surface area contributed by atoms with Gasteiger partial charge in [0.15, 0.2) is 0 Å². The van der Waals surface area contributed by atoms with Crippen molar-refractivity contribution in [3.63, 3.8) is 0 Å². The molecule has 0 rings (SSSR count). The second kappa shape index (κ2) is 7.25. The maximum absolute atomic E-state index is 11.9. The summed E-state index contributed by atoms with van der Waals surface area (Å²) < 4.78 is 26.5. The van der Waals surface area contributed by atoms with Crippen LogP contribution in [0.2, 0.25) is 0 Å². The maximum atomic E-state index is 11.9. The van der Waals surface area contributed by atoms with E-state index in [-0.39, 0.29) is 12.6 Å². The molecule has 0 radical (unpaired) electrons. The molecule has 0 aromatic carbocycles. The van der Waals surface area contributed by atoms with E-state index in [0.717, 1.165) is 12.8 Å². The van der Waals surface area contributed by atoms with Gasteiger partial charge in [-0.3, -0.25) is 0 Å². The summed E-state index contributed by atoms with van der Waals surface area (Å²) >= 11 is 0. The lowest BCUT2D eigenvalue weighted by Gasteiger charge is -2.21. The van der Waals surface area contributed by atoms with Crippen LogP contribution in [-0.4, -0.2) is 26.3 Å². The summed E-state index contributed by atoms with van der Waals surface area (Å²) in [6.45, 7) is 8.18. The molecule has 3 atom stereocenters. The third-order valence-corrected chi connectivity index (χ3v) is 5.11. The fraction of sp³-hybridized carbons (Fsp3) is 1.00. The number of hydrogen-bond donors (Lipinski definition) is 2. The fourth-order valence-electron chi connectivity index (χ4n) is 1.71. The molecular formula is C11H26N2O2S. The van der Waals surface area contributed by atoms with Crippen molar-refractivity contribution in [1.29, 1.82) is 0 Å². The zero-order valence-electron chi connectivity index (χ0n) is 10.9. The summed E-state index contributed by atoms with van der Waals surface area (Å²) in [6.07, 6.45) is 2.50. The number of nitrogens with one attached hydrogen (secondary N) is 1. The molecule has 0 aromatic rings. The Balaban J connectivity index is 4.35. The summed E-state index contributed by atoms with van der Waals surface area (Å²) in [5, 5.41) is -0.466. The van der Waals surface area contributed by atoms with Crippen LogP contribution in [-0.2, 0) is 10.0 Å². The van der Waals surface area contributed by atoms with Gasteiger partial charge in [-0.1, -0.05) is 27.2 Å². The first-order valence-corrected chi connectivity index (χ1v) is 7.63. The van der Waals surface area contributed by atoms with E-state index < -0.39 is 15.3 Å². The molecule has 0 aromatic heterocycles. The predicted molar refractivity (Wildman–Crippen MR) is 68.7 cm³/mol. The van der Waals surface area contributed by atoms with Crippen molar-refractivity contribution < 1.29 is 8.42 Å². The van der Waals surface area contributed by atoms with Gasteiger partial charge < -0.3 is 5.73 Å². The van der Waals surface area contributed by atoms with Crippen LogP contribution in [0.15, 0.2) is 0 Å². The minimum atomic E-state index is -3.25. The Bertz CT molecular complexity index is 274. The third kappa shape index (κ3) is 5.27. The maximum Gasteiger partial charge on any atom is 0.215 e. The molecule has 98 valence electrons. The second-order valence-corrected chi connectivity index (χ2v) is 6.57. The van der Waals surface area contributed by atoms with Gasteiger partial charge in [-0.2, -0.15) is 0 Å². The first kappa shape index (κ1) is 15.9. The van der Waals surface area contributed by atoms with E-state index in [2.05, 4.69) is 18.6 Å². The SMILES string of the molecule is CCC(C)CC(C)NS(=O)(=O)C(CC)CN. The summed E-state index contributed by atoms with van der Waals surface area (Å²) in [4.78, 5) is 0. The minimum Gasteiger partial charge on any atom is -0.329 e. The van der Waals surface area contributed by atoms with Crippen LogP contribution in [0.25, 0.3) is 0 Å². The first-order valence-electron chi connectivity index (χ1n) is 6.08. The molecule has 3 unspecified atom stereocenters. The van der Waals surface area contributed by atoms with Gasteiger partial charge in [-0.05, 0) is 25.7 Å². The number of nitrogens with two attached hydrogens (primary N) is 1. The molecule has 0 fully saturated rings. The van der Waals surface area contributed by atoms with Crippen molar-refractivity contribution in [3.05, 3.63) is 0 Å². The highest BCUT2D eigenvalue weighted by Crippen LogP contribution is 2.11. The van der Waals surface area contributed by atoms with Gasteiger partial charge in [0.1, 0.15) is 0 Å². The highest BCUT2D eigenvalue weighted by molar-refractivity contribution is 7.90. The molecule has 3 N–H and O–H groups in total. The van der Waals surface area contributed by atoms with E-state index in [0.29, 0.717) is 12.3 Å². The van der Waals surface area contributed by atoms with Crippen molar-refractivity contribution in [2.75, 3.05) is 6.54 Å². The van der Waals surface area contributed by atoms with Crippen molar-refractivity contribution in [1.82, 2.24) is 4.72 Å². The Morgan fingerprint density at radius 2 is 1.75 bits per heavy atom.